The third-order valence-corrected chi connectivity index (χ3v) is 6.81. The largest absolute Gasteiger partial charge is 0.496 e. The SMILES string of the molecule is COc1ccc(Br)cc1CCc1c(F)cccc1C(=O)NC(N)=NCCCN1CCCCC1C. The molecule has 0 radical (unpaired) electrons. The molecule has 1 atom stereocenters. The summed E-state index contributed by atoms with van der Waals surface area (Å²) in [5.41, 5.74) is 7.48. The topological polar surface area (TPSA) is 79.9 Å². The highest BCUT2D eigenvalue weighted by atomic mass is 79.9. The van der Waals surface area contributed by atoms with Crippen LogP contribution in [0.4, 0.5) is 4.39 Å². The molecule has 1 saturated heterocycles. The zero-order valence-corrected chi connectivity index (χ0v) is 21.5. The zero-order chi connectivity index (χ0) is 24.5. The van der Waals surface area contributed by atoms with E-state index in [0.29, 0.717) is 31.0 Å². The molecule has 2 aromatic rings. The van der Waals surface area contributed by atoms with Crippen molar-refractivity contribution in [1.82, 2.24) is 10.2 Å². The lowest BCUT2D eigenvalue weighted by atomic mass is 9.98. The number of carbonyl (C=O) groups is 1. The van der Waals surface area contributed by atoms with E-state index in [1.165, 1.54) is 31.4 Å². The molecule has 1 aliphatic rings. The molecule has 0 aromatic heterocycles. The van der Waals surface area contributed by atoms with Crippen molar-refractivity contribution in [2.75, 3.05) is 26.7 Å². The molecule has 8 heteroatoms. The maximum Gasteiger partial charge on any atom is 0.258 e. The quantitative estimate of drug-likeness (QED) is 0.279. The first-order chi connectivity index (χ1) is 16.4. The fraction of sp³-hybridized carbons (Fsp3) is 0.462. The van der Waals surface area contributed by atoms with E-state index < -0.39 is 11.7 Å². The Balaban J connectivity index is 1.59. The monoisotopic (exact) mass is 532 g/mol. The summed E-state index contributed by atoms with van der Waals surface area (Å²) in [6.45, 7) is 4.90. The number of piperidine rings is 1. The molecular weight excluding hydrogens is 499 g/mol. The number of ether oxygens (including phenoxy) is 1. The molecule has 2 aromatic carbocycles. The number of carbonyl (C=O) groups excluding carboxylic acids is 1. The second kappa shape index (κ2) is 12.9. The van der Waals surface area contributed by atoms with Crippen LogP contribution in [0.25, 0.3) is 0 Å². The molecule has 3 rings (SSSR count). The fourth-order valence-corrected chi connectivity index (χ4v) is 4.82. The number of guanidine groups is 1. The van der Waals surface area contributed by atoms with E-state index in [0.717, 1.165) is 35.3 Å². The molecule has 3 N–H and O–H groups in total. The van der Waals surface area contributed by atoms with Crippen LogP contribution in [0.1, 0.15) is 54.1 Å². The zero-order valence-electron chi connectivity index (χ0n) is 19.9. The number of hydrogen-bond acceptors (Lipinski definition) is 4. The van der Waals surface area contributed by atoms with Gasteiger partial charge < -0.3 is 15.4 Å². The first kappa shape index (κ1) is 26.2. The minimum absolute atomic E-state index is 0.0561. The van der Waals surface area contributed by atoms with E-state index in [-0.39, 0.29) is 11.5 Å². The van der Waals surface area contributed by atoms with Crippen molar-refractivity contribution in [3.63, 3.8) is 0 Å². The summed E-state index contributed by atoms with van der Waals surface area (Å²) < 4.78 is 21.0. The summed E-state index contributed by atoms with van der Waals surface area (Å²) in [7, 11) is 1.60. The number of halogens is 2. The van der Waals surface area contributed by atoms with Crippen molar-refractivity contribution in [2.45, 2.75) is 51.5 Å². The number of amides is 1. The Morgan fingerprint density at radius 3 is 2.88 bits per heavy atom. The van der Waals surface area contributed by atoms with E-state index >= 15 is 0 Å². The number of rotatable bonds is 9. The van der Waals surface area contributed by atoms with E-state index in [1.807, 2.05) is 18.2 Å². The molecule has 0 saturated carbocycles. The van der Waals surface area contributed by atoms with Crippen molar-refractivity contribution in [3.05, 3.63) is 63.4 Å². The molecule has 1 amide bonds. The van der Waals surface area contributed by atoms with Crippen LogP contribution >= 0.6 is 15.9 Å². The van der Waals surface area contributed by atoms with Crippen LogP contribution < -0.4 is 15.8 Å². The summed E-state index contributed by atoms with van der Waals surface area (Å²) in [5, 5.41) is 2.62. The second-order valence-corrected chi connectivity index (χ2v) is 9.59. The van der Waals surface area contributed by atoms with Crippen molar-refractivity contribution in [1.29, 1.82) is 0 Å². The number of methoxy groups -OCH3 is 1. The minimum Gasteiger partial charge on any atom is -0.496 e. The lowest BCUT2D eigenvalue weighted by Gasteiger charge is -2.33. The Morgan fingerprint density at radius 1 is 1.29 bits per heavy atom. The summed E-state index contributed by atoms with van der Waals surface area (Å²) >= 11 is 3.46. The highest BCUT2D eigenvalue weighted by molar-refractivity contribution is 9.10. The third-order valence-electron chi connectivity index (χ3n) is 6.32. The van der Waals surface area contributed by atoms with Gasteiger partial charge in [0.25, 0.3) is 5.91 Å². The number of hydrogen-bond donors (Lipinski definition) is 2. The Labute approximate surface area is 209 Å². The lowest BCUT2D eigenvalue weighted by molar-refractivity contribution is 0.0975. The molecule has 1 heterocycles. The normalized spacial score (nSPS) is 16.9. The van der Waals surface area contributed by atoms with Crippen molar-refractivity contribution in [2.24, 2.45) is 10.7 Å². The van der Waals surface area contributed by atoms with E-state index in [4.69, 9.17) is 10.5 Å². The number of nitrogens with zero attached hydrogens (tertiary/aromatic N) is 2. The maximum absolute atomic E-state index is 14.7. The molecule has 6 nitrogen and oxygen atoms in total. The van der Waals surface area contributed by atoms with Crippen LogP contribution in [0.2, 0.25) is 0 Å². The number of aryl methyl sites for hydroxylation is 1. The smallest absolute Gasteiger partial charge is 0.258 e. The molecule has 34 heavy (non-hydrogen) atoms. The predicted molar refractivity (Wildman–Crippen MR) is 138 cm³/mol. The Kier molecular flexibility index (Phi) is 9.89. The van der Waals surface area contributed by atoms with Crippen LogP contribution in [0.15, 0.2) is 45.9 Å². The van der Waals surface area contributed by atoms with E-state index in [1.54, 1.807) is 13.2 Å². The van der Waals surface area contributed by atoms with Gasteiger partial charge in [-0.25, -0.2) is 4.39 Å². The second-order valence-electron chi connectivity index (χ2n) is 8.68. The van der Waals surface area contributed by atoms with Crippen molar-refractivity contribution in [3.8, 4) is 5.75 Å². The van der Waals surface area contributed by atoms with Gasteiger partial charge in [0, 0.05) is 34.7 Å². The standard InChI is InChI=1S/C26H34BrFN4O2/c1-18-7-3-4-15-32(18)16-6-14-30-26(29)31-25(33)22-8-5-9-23(28)21(22)12-10-19-17-20(27)11-13-24(19)34-2/h5,8-9,11,13,17-18H,3-4,6-7,10,12,14-16H2,1-2H3,(H3,29,30,31,33). The average molecular weight is 533 g/mol. The summed E-state index contributed by atoms with van der Waals surface area (Å²) in [6, 6.07) is 10.8. The van der Waals surface area contributed by atoms with Gasteiger partial charge in [0.2, 0.25) is 0 Å². The van der Waals surface area contributed by atoms with Gasteiger partial charge in [-0.05, 0) is 81.5 Å². The molecule has 1 aliphatic heterocycles. The van der Waals surface area contributed by atoms with Gasteiger partial charge in [0.15, 0.2) is 5.96 Å². The van der Waals surface area contributed by atoms with Gasteiger partial charge in [0.05, 0.1) is 7.11 Å². The van der Waals surface area contributed by atoms with E-state index in [9.17, 15) is 9.18 Å². The molecular formula is C26H34BrFN4O2. The molecule has 184 valence electrons. The van der Waals surface area contributed by atoms with Crippen LogP contribution in [-0.4, -0.2) is 49.6 Å². The number of likely N-dealkylation sites (tertiary alicyclic amines) is 1. The van der Waals surface area contributed by atoms with Crippen molar-refractivity contribution < 1.29 is 13.9 Å². The Hall–Kier alpha value is -2.45. The highest BCUT2D eigenvalue weighted by Crippen LogP contribution is 2.25. The first-order valence-electron chi connectivity index (χ1n) is 11.8. The van der Waals surface area contributed by atoms with Gasteiger partial charge in [0.1, 0.15) is 11.6 Å². The van der Waals surface area contributed by atoms with Gasteiger partial charge in [-0.2, -0.15) is 0 Å². The van der Waals surface area contributed by atoms with E-state index in [2.05, 4.69) is 38.1 Å². The highest BCUT2D eigenvalue weighted by Gasteiger charge is 2.18. The Morgan fingerprint density at radius 2 is 2.12 bits per heavy atom. The maximum atomic E-state index is 14.7. The molecule has 0 bridgehead atoms. The van der Waals surface area contributed by atoms with Gasteiger partial charge in [-0.3, -0.25) is 15.1 Å². The van der Waals surface area contributed by atoms with Crippen molar-refractivity contribution >= 4 is 27.8 Å². The fourth-order valence-electron chi connectivity index (χ4n) is 4.41. The summed E-state index contributed by atoms with van der Waals surface area (Å²) in [4.78, 5) is 19.6. The predicted octanol–water partition coefficient (Wildman–Crippen LogP) is 4.69. The average Bonchev–Trinajstić information content (AvgIpc) is 2.82. The van der Waals surface area contributed by atoms with Crippen LogP contribution in [0.5, 0.6) is 5.75 Å². The number of nitrogens with two attached hydrogens (primary N) is 1. The lowest BCUT2D eigenvalue weighted by Crippen LogP contribution is -2.39. The van der Waals surface area contributed by atoms with Crippen LogP contribution in [-0.2, 0) is 12.8 Å². The molecule has 0 spiro atoms. The summed E-state index contributed by atoms with van der Waals surface area (Å²) in [6.07, 6.45) is 5.52. The third kappa shape index (κ3) is 7.27. The molecule has 1 fully saturated rings. The summed E-state index contributed by atoms with van der Waals surface area (Å²) in [5.74, 6) is -0.101. The first-order valence-corrected chi connectivity index (χ1v) is 12.6. The van der Waals surface area contributed by atoms with Crippen LogP contribution in [0, 0.1) is 5.82 Å². The van der Waals surface area contributed by atoms with Crippen LogP contribution in [0.3, 0.4) is 0 Å². The number of aliphatic imine (C=N–C) groups is 1. The number of nitrogens with one attached hydrogen (secondary N) is 1. The van der Waals surface area contributed by atoms with Gasteiger partial charge >= 0.3 is 0 Å². The minimum atomic E-state index is -0.457. The van der Waals surface area contributed by atoms with Gasteiger partial charge in [-0.15, -0.1) is 0 Å². The Bertz CT molecular complexity index is 1010. The number of benzene rings is 2. The van der Waals surface area contributed by atoms with Gasteiger partial charge in [-0.1, -0.05) is 28.4 Å². The molecule has 1 unspecified atom stereocenters. The molecule has 0 aliphatic carbocycles.